The van der Waals surface area contributed by atoms with Crippen LogP contribution in [-0.4, -0.2) is 34.0 Å². The molecule has 1 heterocycles. The molecule has 2 N–H and O–H groups in total. The quantitative estimate of drug-likeness (QED) is 0.811. The minimum atomic E-state index is 0.713. The Bertz CT molecular complexity index is 308. The smallest absolute Gasteiger partial charge is 0.142 e. The molecular weight excluding hydrogens is 212 g/mol. The zero-order chi connectivity index (χ0) is 11.9. The maximum Gasteiger partial charge on any atom is 0.142 e. The molecule has 1 saturated carbocycles. The van der Waals surface area contributed by atoms with Crippen molar-refractivity contribution in [2.45, 2.75) is 44.7 Å². The minimum absolute atomic E-state index is 0.713. The Hall–Kier alpha value is -1.00. The summed E-state index contributed by atoms with van der Waals surface area (Å²) in [5.41, 5.74) is 5.61. The lowest BCUT2D eigenvalue weighted by molar-refractivity contribution is 0.184. The molecule has 1 fully saturated rings. The van der Waals surface area contributed by atoms with Gasteiger partial charge in [0, 0.05) is 25.0 Å². The van der Waals surface area contributed by atoms with Gasteiger partial charge in [-0.25, -0.2) is 9.97 Å². The maximum absolute atomic E-state index is 5.61. The number of hydrogen-bond acceptors (Lipinski definition) is 4. The van der Waals surface area contributed by atoms with E-state index in [1.165, 1.54) is 25.7 Å². The molecule has 0 aliphatic heterocycles. The van der Waals surface area contributed by atoms with Crippen LogP contribution in [0.5, 0.6) is 0 Å². The molecule has 1 aliphatic carbocycles. The van der Waals surface area contributed by atoms with Gasteiger partial charge in [0.1, 0.15) is 5.82 Å². The second kappa shape index (κ2) is 6.67. The van der Waals surface area contributed by atoms with Crippen molar-refractivity contribution in [2.75, 3.05) is 13.1 Å². The fraction of sp³-hybridized carbons (Fsp3) is 0.692. The summed E-state index contributed by atoms with van der Waals surface area (Å²) in [6.07, 6.45) is 10.0. The molecule has 17 heavy (non-hydrogen) atoms. The number of nitrogens with zero attached hydrogens (tertiary/aromatic N) is 3. The second-order valence-corrected chi connectivity index (χ2v) is 4.72. The summed E-state index contributed by atoms with van der Waals surface area (Å²) >= 11 is 0. The molecule has 2 rings (SSSR count). The van der Waals surface area contributed by atoms with Crippen molar-refractivity contribution >= 4 is 0 Å². The second-order valence-electron chi connectivity index (χ2n) is 4.72. The largest absolute Gasteiger partial charge is 0.330 e. The summed E-state index contributed by atoms with van der Waals surface area (Å²) in [7, 11) is 0. The SMILES string of the molecule is NCCCN(Cc1ncccn1)C1CCCC1. The summed E-state index contributed by atoms with van der Waals surface area (Å²) in [4.78, 5) is 11.1. The summed E-state index contributed by atoms with van der Waals surface area (Å²) in [6.45, 7) is 2.70. The molecule has 0 aromatic carbocycles. The Morgan fingerprint density at radius 2 is 1.94 bits per heavy atom. The fourth-order valence-corrected chi connectivity index (χ4v) is 2.55. The van der Waals surface area contributed by atoms with Crippen LogP contribution in [0.1, 0.15) is 37.9 Å². The maximum atomic E-state index is 5.61. The molecular formula is C13H22N4. The molecule has 0 saturated heterocycles. The highest BCUT2D eigenvalue weighted by molar-refractivity contribution is 4.90. The summed E-state index contributed by atoms with van der Waals surface area (Å²) < 4.78 is 0. The zero-order valence-electron chi connectivity index (χ0n) is 10.4. The van der Waals surface area contributed by atoms with Crippen LogP contribution in [0.2, 0.25) is 0 Å². The molecule has 0 atom stereocenters. The van der Waals surface area contributed by atoms with E-state index in [9.17, 15) is 0 Å². The lowest BCUT2D eigenvalue weighted by atomic mass is 10.2. The van der Waals surface area contributed by atoms with Crippen molar-refractivity contribution in [1.82, 2.24) is 14.9 Å². The van der Waals surface area contributed by atoms with Crippen molar-refractivity contribution in [2.24, 2.45) is 5.73 Å². The van der Waals surface area contributed by atoms with E-state index in [4.69, 9.17) is 5.73 Å². The van der Waals surface area contributed by atoms with Crippen LogP contribution in [0.4, 0.5) is 0 Å². The molecule has 1 aliphatic rings. The van der Waals surface area contributed by atoms with Gasteiger partial charge >= 0.3 is 0 Å². The number of aromatic nitrogens is 2. The predicted octanol–water partition coefficient (Wildman–Crippen LogP) is 1.57. The molecule has 0 spiro atoms. The highest BCUT2D eigenvalue weighted by Gasteiger charge is 2.22. The van der Waals surface area contributed by atoms with Gasteiger partial charge in [-0.1, -0.05) is 12.8 Å². The van der Waals surface area contributed by atoms with E-state index in [-0.39, 0.29) is 0 Å². The molecule has 0 radical (unpaired) electrons. The normalized spacial score (nSPS) is 16.8. The van der Waals surface area contributed by atoms with Gasteiger partial charge in [-0.05, 0) is 31.9 Å². The monoisotopic (exact) mass is 234 g/mol. The van der Waals surface area contributed by atoms with Crippen molar-refractivity contribution < 1.29 is 0 Å². The number of hydrogen-bond donors (Lipinski definition) is 1. The van der Waals surface area contributed by atoms with E-state index in [1.54, 1.807) is 0 Å². The van der Waals surface area contributed by atoms with Gasteiger partial charge in [0.25, 0.3) is 0 Å². The molecule has 0 amide bonds. The molecule has 1 aromatic rings. The third-order valence-electron chi connectivity index (χ3n) is 3.45. The lowest BCUT2D eigenvalue weighted by Crippen LogP contribution is -2.35. The third-order valence-corrected chi connectivity index (χ3v) is 3.45. The Morgan fingerprint density at radius 3 is 2.59 bits per heavy atom. The van der Waals surface area contributed by atoms with Crippen LogP contribution in [0.25, 0.3) is 0 Å². The van der Waals surface area contributed by atoms with Gasteiger partial charge in [0.05, 0.1) is 6.54 Å². The molecule has 94 valence electrons. The highest BCUT2D eigenvalue weighted by Crippen LogP contribution is 2.24. The van der Waals surface area contributed by atoms with Crippen LogP contribution >= 0.6 is 0 Å². The average molecular weight is 234 g/mol. The predicted molar refractivity (Wildman–Crippen MR) is 68.4 cm³/mol. The van der Waals surface area contributed by atoms with E-state index in [0.29, 0.717) is 6.04 Å². The average Bonchev–Trinajstić information content (AvgIpc) is 2.89. The van der Waals surface area contributed by atoms with Crippen LogP contribution < -0.4 is 5.73 Å². The molecule has 4 nitrogen and oxygen atoms in total. The molecule has 0 bridgehead atoms. The first-order valence-electron chi connectivity index (χ1n) is 6.60. The van der Waals surface area contributed by atoms with Crippen LogP contribution in [-0.2, 0) is 6.54 Å². The molecule has 4 heteroatoms. The van der Waals surface area contributed by atoms with E-state index < -0.39 is 0 Å². The first-order valence-corrected chi connectivity index (χ1v) is 6.60. The van der Waals surface area contributed by atoms with Crippen molar-refractivity contribution in [3.63, 3.8) is 0 Å². The van der Waals surface area contributed by atoms with E-state index in [2.05, 4.69) is 14.9 Å². The Morgan fingerprint density at radius 1 is 1.24 bits per heavy atom. The van der Waals surface area contributed by atoms with Gasteiger partial charge < -0.3 is 5.73 Å². The third kappa shape index (κ3) is 3.75. The number of nitrogens with two attached hydrogens (primary N) is 1. The Labute approximate surface area is 103 Å². The van der Waals surface area contributed by atoms with Crippen molar-refractivity contribution in [3.05, 3.63) is 24.3 Å². The van der Waals surface area contributed by atoms with Crippen LogP contribution in [0.3, 0.4) is 0 Å². The van der Waals surface area contributed by atoms with Gasteiger partial charge in [0.15, 0.2) is 0 Å². The van der Waals surface area contributed by atoms with E-state index in [1.807, 2.05) is 18.5 Å². The van der Waals surface area contributed by atoms with Gasteiger partial charge in [-0.2, -0.15) is 0 Å². The van der Waals surface area contributed by atoms with Crippen LogP contribution in [0.15, 0.2) is 18.5 Å². The highest BCUT2D eigenvalue weighted by atomic mass is 15.2. The Kier molecular flexibility index (Phi) is 4.88. The molecule has 1 aromatic heterocycles. The Balaban J connectivity index is 1.94. The van der Waals surface area contributed by atoms with E-state index >= 15 is 0 Å². The van der Waals surface area contributed by atoms with Gasteiger partial charge in [-0.3, -0.25) is 4.90 Å². The van der Waals surface area contributed by atoms with Crippen molar-refractivity contribution in [1.29, 1.82) is 0 Å². The van der Waals surface area contributed by atoms with Gasteiger partial charge in [-0.15, -0.1) is 0 Å². The topological polar surface area (TPSA) is 55.0 Å². The van der Waals surface area contributed by atoms with Gasteiger partial charge in [0.2, 0.25) is 0 Å². The zero-order valence-corrected chi connectivity index (χ0v) is 10.4. The first-order chi connectivity index (χ1) is 8.40. The van der Waals surface area contributed by atoms with Crippen LogP contribution in [0, 0.1) is 0 Å². The van der Waals surface area contributed by atoms with Crippen molar-refractivity contribution in [3.8, 4) is 0 Å². The summed E-state index contributed by atoms with van der Waals surface area (Å²) in [6, 6.07) is 2.58. The first kappa shape index (κ1) is 12.5. The minimum Gasteiger partial charge on any atom is -0.330 e. The summed E-state index contributed by atoms with van der Waals surface area (Å²) in [5.74, 6) is 0.927. The molecule has 0 unspecified atom stereocenters. The number of rotatable bonds is 6. The standard InChI is InChI=1S/C13H22N4/c14-7-3-10-17(12-5-1-2-6-12)11-13-15-8-4-9-16-13/h4,8-9,12H,1-3,5-7,10-11,14H2. The fourth-order valence-electron chi connectivity index (χ4n) is 2.55. The van der Waals surface area contributed by atoms with E-state index in [0.717, 1.165) is 31.9 Å². The lowest BCUT2D eigenvalue weighted by Gasteiger charge is -2.27. The summed E-state index contributed by atoms with van der Waals surface area (Å²) in [5, 5.41) is 0.